The summed E-state index contributed by atoms with van der Waals surface area (Å²) in [6, 6.07) is 6.16. The van der Waals surface area contributed by atoms with Gasteiger partial charge in [0.1, 0.15) is 0 Å². The van der Waals surface area contributed by atoms with Gasteiger partial charge in [0.25, 0.3) is 0 Å². The molecule has 0 amide bonds. The van der Waals surface area contributed by atoms with Crippen LogP contribution in [0.15, 0.2) is 18.2 Å². The molecule has 0 spiro atoms. The van der Waals surface area contributed by atoms with Gasteiger partial charge in [-0.05, 0) is 37.3 Å². The van der Waals surface area contributed by atoms with Gasteiger partial charge >= 0.3 is 0 Å². The highest BCUT2D eigenvalue weighted by Crippen LogP contribution is 2.28. The number of carbonyl (C=O) groups excluding carboxylic acids is 1. The third-order valence-corrected chi connectivity index (χ3v) is 3.52. The SMILES string of the molecule is Cc1ccc(N2CC(C)CC(C)C2)c(C=O)c1. The number of carbonyl (C=O) groups is 1. The normalized spacial score (nSPS) is 24.8. The van der Waals surface area contributed by atoms with Crippen molar-refractivity contribution in [2.24, 2.45) is 11.8 Å². The Bertz CT molecular complexity index is 403. The van der Waals surface area contributed by atoms with Gasteiger partial charge < -0.3 is 4.90 Å². The molecule has 2 rings (SSSR count). The first-order valence-electron chi connectivity index (χ1n) is 6.41. The Morgan fingerprint density at radius 2 is 1.88 bits per heavy atom. The summed E-state index contributed by atoms with van der Waals surface area (Å²) < 4.78 is 0. The fourth-order valence-corrected chi connectivity index (χ4v) is 2.92. The average molecular weight is 231 g/mol. The number of aldehydes is 1. The topological polar surface area (TPSA) is 20.3 Å². The quantitative estimate of drug-likeness (QED) is 0.728. The maximum absolute atomic E-state index is 11.2. The van der Waals surface area contributed by atoms with Gasteiger partial charge in [-0.3, -0.25) is 4.79 Å². The van der Waals surface area contributed by atoms with Gasteiger partial charge in [-0.25, -0.2) is 0 Å². The zero-order valence-corrected chi connectivity index (χ0v) is 10.9. The molecular formula is C15H21NO. The van der Waals surface area contributed by atoms with Crippen molar-refractivity contribution >= 4 is 12.0 Å². The summed E-state index contributed by atoms with van der Waals surface area (Å²) in [6.45, 7) is 8.73. The number of nitrogens with zero attached hydrogens (tertiary/aromatic N) is 1. The molecule has 2 heteroatoms. The third kappa shape index (κ3) is 2.68. The molecule has 0 radical (unpaired) electrons. The van der Waals surface area contributed by atoms with E-state index in [0.717, 1.165) is 36.2 Å². The summed E-state index contributed by atoms with van der Waals surface area (Å²) in [7, 11) is 0. The summed E-state index contributed by atoms with van der Waals surface area (Å²) in [5.74, 6) is 1.42. The monoisotopic (exact) mass is 231 g/mol. The van der Waals surface area contributed by atoms with Crippen LogP contribution in [0.3, 0.4) is 0 Å². The molecule has 92 valence electrons. The Hall–Kier alpha value is -1.31. The fraction of sp³-hybridized carbons (Fsp3) is 0.533. The van der Waals surface area contributed by atoms with Crippen molar-refractivity contribution in [2.45, 2.75) is 27.2 Å². The minimum absolute atomic E-state index is 0.708. The molecule has 0 bridgehead atoms. The van der Waals surface area contributed by atoms with E-state index in [4.69, 9.17) is 0 Å². The number of rotatable bonds is 2. The van der Waals surface area contributed by atoms with Gasteiger partial charge in [0.15, 0.2) is 6.29 Å². The van der Waals surface area contributed by atoms with Crippen LogP contribution in [0.4, 0.5) is 5.69 Å². The summed E-state index contributed by atoms with van der Waals surface area (Å²) in [5, 5.41) is 0. The lowest BCUT2D eigenvalue weighted by Crippen LogP contribution is -2.39. The number of hydrogen-bond acceptors (Lipinski definition) is 2. The van der Waals surface area contributed by atoms with Gasteiger partial charge in [-0.2, -0.15) is 0 Å². The van der Waals surface area contributed by atoms with Crippen LogP contribution in [0.1, 0.15) is 36.2 Å². The molecule has 0 aromatic heterocycles. The van der Waals surface area contributed by atoms with Crippen molar-refractivity contribution < 1.29 is 4.79 Å². The van der Waals surface area contributed by atoms with Crippen LogP contribution in [0, 0.1) is 18.8 Å². The third-order valence-electron chi connectivity index (χ3n) is 3.52. The zero-order valence-electron chi connectivity index (χ0n) is 10.9. The zero-order chi connectivity index (χ0) is 12.4. The Kier molecular flexibility index (Phi) is 3.51. The molecule has 2 atom stereocenters. The molecule has 0 aliphatic carbocycles. The lowest BCUT2D eigenvalue weighted by molar-refractivity contribution is 0.112. The molecule has 1 aliphatic heterocycles. The van der Waals surface area contributed by atoms with E-state index in [1.807, 2.05) is 13.0 Å². The van der Waals surface area contributed by atoms with Gasteiger partial charge in [0.2, 0.25) is 0 Å². The standard InChI is InChI=1S/C15H21NO/c1-11-4-5-15(14(7-11)10-17)16-8-12(2)6-13(3)9-16/h4-5,7,10,12-13H,6,8-9H2,1-3H3. The number of anilines is 1. The van der Waals surface area contributed by atoms with E-state index in [1.165, 1.54) is 6.42 Å². The molecule has 1 saturated heterocycles. The summed E-state index contributed by atoms with van der Waals surface area (Å²) in [5.41, 5.74) is 3.07. The average Bonchev–Trinajstić information content (AvgIpc) is 2.27. The lowest BCUT2D eigenvalue weighted by atomic mass is 9.91. The van der Waals surface area contributed by atoms with Crippen molar-refractivity contribution in [1.82, 2.24) is 0 Å². The second kappa shape index (κ2) is 4.91. The number of benzene rings is 1. The molecule has 1 fully saturated rings. The van der Waals surface area contributed by atoms with E-state index >= 15 is 0 Å². The second-order valence-electron chi connectivity index (χ2n) is 5.53. The van der Waals surface area contributed by atoms with Gasteiger partial charge in [-0.1, -0.05) is 25.5 Å². The lowest BCUT2D eigenvalue weighted by Gasteiger charge is -2.37. The van der Waals surface area contributed by atoms with Gasteiger partial charge in [0, 0.05) is 24.3 Å². The smallest absolute Gasteiger partial charge is 0.152 e. The number of piperidine rings is 1. The molecule has 0 saturated carbocycles. The predicted molar refractivity (Wildman–Crippen MR) is 71.7 cm³/mol. The van der Waals surface area contributed by atoms with Crippen molar-refractivity contribution in [3.05, 3.63) is 29.3 Å². The highest BCUT2D eigenvalue weighted by Gasteiger charge is 2.23. The minimum atomic E-state index is 0.708. The van der Waals surface area contributed by atoms with Crippen molar-refractivity contribution in [3.63, 3.8) is 0 Å². The molecule has 2 unspecified atom stereocenters. The van der Waals surface area contributed by atoms with Crippen LogP contribution in [-0.4, -0.2) is 19.4 Å². The number of aryl methyl sites for hydroxylation is 1. The summed E-state index contributed by atoms with van der Waals surface area (Å²) in [6.07, 6.45) is 2.27. The molecule has 1 heterocycles. The van der Waals surface area contributed by atoms with Crippen molar-refractivity contribution in [1.29, 1.82) is 0 Å². The van der Waals surface area contributed by atoms with E-state index < -0.39 is 0 Å². The summed E-state index contributed by atoms with van der Waals surface area (Å²) >= 11 is 0. The highest BCUT2D eigenvalue weighted by atomic mass is 16.1. The Labute approximate surface area is 104 Å². The van der Waals surface area contributed by atoms with E-state index in [-0.39, 0.29) is 0 Å². The van der Waals surface area contributed by atoms with E-state index in [2.05, 4.69) is 30.9 Å². The first kappa shape index (κ1) is 12.2. The van der Waals surface area contributed by atoms with Gasteiger partial charge in [0.05, 0.1) is 0 Å². The first-order valence-corrected chi connectivity index (χ1v) is 6.41. The van der Waals surface area contributed by atoms with Crippen molar-refractivity contribution in [2.75, 3.05) is 18.0 Å². The van der Waals surface area contributed by atoms with E-state index in [0.29, 0.717) is 11.8 Å². The highest BCUT2D eigenvalue weighted by molar-refractivity contribution is 5.85. The second-order valence-corrected chi connectivity index (χ2v) is 5.53. The fourth-order valence-electron chi connectivity index (χ4n) is 2.92. The summed E-state index contributed by atoms with van der Waals surface area (Å²) in [4.78, 5) is 13.5. The Balaban J connectivity index is 2.29. The van der Waals surface area contributed by atoms with E-state index in [9.17, 15) is 4.79 Å². The predicted octanol–water partition coefficient (Wildman–Crippen LogP) is 3.29. The van der Waals surface area contributed by atoms with E-state index in [1.54, 1.807) is 0 Å². The van der Waals surface area contributed by atoms with Crippen LogP contribution < -0.4 is 4.90 Å². The Morgan fingerprint density at radius 1 is 1.24 bits per heavy atom. The van der Waals surface area contributed by atoms with Crippen LogP contribution in [0.2, 0.25) is 0 Å². The molecule has 2 nitrogen and oxygen atoms in total. The molecule has 1 aliphatic rings. The van der Waals surface area contributed by atoms with Gasteiger partial charge in [-0.15, -0.1) is 0 Å². The molecule has 1 aromatic rings. The van der Waals surface area contributed by atoms with Crippen LogP contribution >= 0.6 is 0 Å². The molecule has 0 N–H and O–H groups in total. The maximum Gasteiger partial charge on any atom is 0.152 e. The molecular weight excluding hydrogens is 210 g/mol. The molecule has 17 heavy (non-hydrogen) atoms. The minimum Gasteiger partial charge on any atom is -0.370 e. The van der Waals surface area contributed by atoms with Crippen LogP contribution in [0.5, 0.6) is 0 Å². The largest absolute Gasteiger partial charge is 0.370 e. The van der Waals surface area contributed by atoms with Crippen LogP contribution in [-0.2, 0) is 0 Å². The molecule has 1 aromatic carbocycles. The number of hydrogen-bond donors (Lipinski definition) is 0. The maximum atomic E-state index is 11.2. The van der Waals surface area contributed by atoms with Crippen LogP contribution in [0.25, 0.3) is 0 Å². The first-order chi connectivity index (χ1) is 8.10. The Morgan fingerprint density at radius 3 is 2.47 bits per heavy atom. The van der Waals surface area contributed by atoms with Crippen molar-refractivity contribution in [3.8, 4) is 0 Å².